The fraction of sp³-hybridized carbons (Fsp3) is 0.241. The van der Waals surface area contributed by atoms with Crippen molar-refractivity contribution in [3.8, 4) is 5.75 Å². The van der Waals surface area contributed by atoms with Gasteiger partial charge in [-0.3, -0.25) is 9.59 Å². The highest BCUT2D eigenvalue weighted by Gasteiger charge is 2.40. The van der Waals surface area contributed by atoms with E-state index in [0.717, 1.165) is 11.3 Å². The quantitative estimate of drug-likeness (QED) is 0.426. The number of amides is 2. The fourth-order valence-corrected chi connectivity index (χ4v) is 3.98. The minimum absolute atomic E-state index is 0.0441. The maximum Gasteiger partial charge on any atom is 0.282 e. The molecule has 3 aromatic carbocycles. The first-order chi connectivity index (χ1) is 16.2. The third-order valence-electron chi connectivity index (χ3n) is 5.71. The summed E-state index contributed by atoms with van der Waals surface area (Å²) in [5.74, 6) is 0.391. The Labute approximate surface area is 201 Å². The Bertz CT molecular complexity index is 1240. The maximum absolute atomic E-state index is 13.6. The summed E-state index contributed by atoms with van der Waals surface area (Å²) in [5, 5.41) is 3.23. The minimum Gasteiger partial charge on any atom is -0.491 e. The molecule has 4 rings (SSSR count). The summed E-state index contributed by atoms with van der Waals surface area (Å²) in [5.41, 5.74) is 4.75. The molecule has 1 heterocycles. The third kappa shape index (κ3) is 4.74. The molecule has 0 unspecified atom stereocenters. The van der Waals surface area contributed by atoms with Crippen molar-refractivity contribution in [1.29, 1.82) is 0 Å². The van der Waals surface area contributed by atoms with Gasteiger partial charge in [-0.15, -0.1) is 0 Å². The van der Waals surface area contributed by atoms with Gasteiger partial charge in [0.05, 0.1) is 17.4 Å². The summed E-state index contributed by atoms with van der Waals surface area (Å²) in [6.07, 6.45) is 0.0441. The summed E-state index contributed by atoms with van der Waals surface area (Å²) in [6, 6.07) is 22.6. The van der Waals surface area contributed by atoms with Crippen LogP contribution in [0, 0.1) is 6.92 Å². The van der Waals surface area contributed by atoms with Crippen molar-refractivity contribution in [2.45, 2.75) is 46.6 Å². The Hall–Kier alpha value is -3.86. The second-order valence-electron chi connectivity index (χ2n) is 9.13. The van der Waals surface area contributed by atoms with Crippen LogP contribution in [-0.4, -0.2) is 17.9 Å². The minimum atomic E-state index is -0.374. The lowest BCUT2D eigenvalue weighted by Gasteiger charge is -2.16. The van der Waals surface area contributed by atoms with E-state index in [9.17, 15) is 9.59 Å². The van der Waals surface area contributed by atoms with E-state index in [0.29, 0.717) is 28.5 Å². The zero-order valence-electron chi connectivity index (χ0n) is 20.3. The molecule has 0 fully saturated rings. The highest BCUT2D eigenvalue weighted by molar-refractivity contribution is 6.46. The molecule has 0 aromatic heterocycles. The van der Waals surface area contributed by atoms with Crippen molar-refractivity contribution in [3.63, 3.8) is 0 Å². The Morgan fingerprint density at radius 3 is 2.09 bits per heavy atom. The summed E-state index contributed by atoms with van der Waals surface area (Å²) in [7, 11) is 0. The molecule has 1 aliphatic rings. The summed E-state index contributed by atoms with van der Waals surface area (Å²) in [4.78, 5) is 28.4. The number of hydrogen-bond acceptors (Lipinski definition) is 4. The van der Waals surface area contributed by atoms with Crippen LogP contribution in [0.1, 0.15) is 50.3 Å². The number of aryl methyl sites for hydroxylation is 1. The molecular weight excluding hydrogens is 424 g/mol. The molecule has 0 saturated carbocycles. The number of imide groups is 1. The van der Waals surface area contributed by atoms with Gasteiger partial charge in [0.1, 0.15) is 11.4 Å². The average Bonchev–Trinajstić information content (AvgIpc) is 3.03. The van der Waals surface area contributed by atoms with E-state index in [1.807, 2.05) is 87.5 Å². The molecule has 0 bridgehead atoms. The number of rotatable bonds is 7. The molecule has 0 aliphatic carbocycles. The number of nitrogens with one attached hydrogen (secondary N) is 1. The van der Waals surface area contributed by atoms with Gasteiger partial charge in [-0.05, 0) is 79.8 Å². The number of nitrogens with zero attached hydrogens (tertiary/aromatic N) is 1. The van der Waals surface area contributed by atoms with Crippen molar-refractivity contribution >= 4 is 28.8 Å². The van der Waals surface area contributed by atoms with E-state index < -0.39 is 0 Å². The summed E-state index contributed by atoms with van der Waals surface area (Å²) >= 11 is 0. The highest BCUT2D eigenvalue weighted by atomic mass is 16.5. The van der Waals surface area contributed by atoms with Crippen LogP contribution in [0.25, 0.3) is 5.57 Å². The average molecular weight is 455 g/mol. The number of hydrogen-bond donors (Lipinski definition) is 1. The van der Waals surface area contributed by atoms with Crippen LogP contribution in [0.3, 0.4) is 0 Å². The largest absolute Gasteiger partial charge is 0.491 e. The van der Waals surface area contributed by atoms with Gasteiger partial charge in [-0.1, -0.05) is 50.2 Å². The van der Waals surface area contributed by atoms with Gasteiger partial charge < -0.3 is 10.1 Å². The number of carbonyl (C=O) groups is 2. The monoisotopic (exact) mass is 454 g/mol. The first-order valence-electron chi connectivity index (χ1n) is 11.6. The maximum atomic E-state index is 13.6. The zero-order valence-corrected chi connectivity index (χ0v) is 20.3. The van der Waals surface area contributed by atoms with Crippen molar-refractivity contribution in [1.82, 2.24) is 0 Å². The normalized spacial score (nSPS) is 13.9. The van der Waals surface area contributed by atoms with Gasteiger partial charge in [0.15, 0.2) is 0 Å². The SMILES string of the molecule is Cc1cccc(N2C(=O)C(Nc3ccc(C(C)C)cc3)=C(c3ccc(OC(C)C)cc3)C2=O)c1. The van der Waals surface area contributed by atoms with Gasteiger partial charge in [0.25, 0.3) is 11.8 Å². The number of benzene rings is 3. The molecule has 2 amide bonds. The van der Waals surface area contributed by atoms with Crippen LogP contribution >= 0.6 is 0 Å². The van der Waals surface area contributed by atoms with Crippen LogP contribution in [0.2, 0.25) is 0 Å². The van der Waals surface area contributed by atoms with Crippen LogP contribution in [-0.2, 0) is 9.59 Å². The number of anilines is 2. The van der Waals surface area contributed by atoms with Crippen molar-refractivity contribution in [3.05, 3.63) is 95.2 Å². The topological polar surface area (TPSA) is 58.6 Å². The highest BCUT2D eigenvalue weighted by Crippen LogP contribution is 2.35. The molecule has 34 heavy (non-hydrogen) atoms. The van der Waals surface area contributed by atoms with E-state index in [1.165, 1.54) is 10.5 Å². The lowest BCUT2D eigenvalue weighted by Crippen LogP contribution is -2.32. The van der Waals surface area contributed by atoms with Crippen LogP contribution in [0.5, 0.6) is 5.75 Å². The molecular formula is C29H30N2O3. The molecule has 3 aromatic rings. The third-order valence-corrected chi connectivity index (χ3v) is 5.71. The van der Waals surface area contributed by atoms with E-state index >= 15 is 0 Å². The van der Waals surface area contributed by atoms with Crippen molar-refractivity contribution < 1.29 is 14.3 Å². The van der Waals surface area contributed by atoms with Gasteiger partial charge in [-0.25, -0.2) is 4.90 Å². The Morgan fingerprint density at radius 2 is 1.50 bits per heavy atom. The Balaban J connectivity index is 1.76. The smallest absolute Gasteiger partial charge is 0.282 e. The molecule has 0 saturated heterocycles. The first-order valence-corrected chi connectivity index (χ1v) is 11.6. The summed E-state index contributed by atoms with van der Waals surface area (Å²) in [6.45, 7) is 10.1. The van der Waals surface area contributed by atoms with Crippen molar-refractivity contribution in [2.24, 2.45) is 0 Å². The van der Waals surface area contributed by atoms with E-state index in [2.05, 4.69) is 19.2 Å². The summed E-state index contributed by atoms with van der Waals surface area (Å²) < 4.78 is 5.74. The molecule has 0 radical (unpaired) electrons. The van der Waals surface area contributed by atoms with Gasteiger partial charge in [0, 0.05) is 5.69 Å². The molecule has 0 atom stereocenters. The molecule has 174 valence electrons. The van der Waals surface area contributed by atoms with Gasteiger partial charge in [0.2, 0.25) is 0 Å². The first kappa shape index (κ1) is 23.3. The second kappa shape index (κ2) is 9.56. The predicted octanol–water partition coefficient (Wildman–Crippen LogP) is 6.30. The second-order valence-corrected chi connectivity index (χ2v) is 9.13. The Morgan fingerprint density at radius 1 is 0.824 bits per heavy atom. The molecule has 0 spiro atoms. The fourth-order valence-electron chi connectivity index (χ4n) is 3.98. The van der Waals surface area contributed by atoms with Crippen LogP contribution in [0.4, 0.5) is 11.4 Å². The van der Waals surface area contributed by atoms with E-state index in [4.69, 9.17) is 4.74 Å². The van der Waals surface area contributed by atoms with E-state index in [-0.39, 0.29) is 23.6 Å². The van der Waals surface area contributed by atoms with Gasteiger partial charge in [-0.2, -0.15) is 0 Å². The molecule has 5 nitrogen and oxygen atoms in total. The van der Waals surface area contributed by atoms with Crippen LogP contribution in [0.15, 0.2) is 78.5 Å². The van der Waals surface area contributed by atoms with Crippen LogP contribution < -0.4 is 15.0 Å². The Kier molecular flexibility index (Phi) is 6.55. The van der Waals surface area contributed by atoms with Gasteiger partial charge >= 0.3 is 0 Å². The molecule has 1 aliphatic heterocycles. The lowest BCUT2D eigenvalue weighted by molar-refractivity contribution is -0.120. The number of carbonyl (C=O) groups excluding carboxylic acids is 2. The number of ether oxygens (including phenoxy) is 1. The lowest BCUT2D eigenvalue weighted by atomic mass is 10.0. The predicted molar refractivity (Wildman–Crippen MR) is 137 cm³/mol. The van der Waals surface area contributed by atoms with Crippen molar-refractivity contribution in [2.75, 3.05) is 10.2 Å². The molecule has 1 N–H and O–H groups in total. The standard InChI is InChI=1S/C29H30N2O3/c1-18(2)21-9-13-23(14-10-21)30-27-26(22-11-15-25(16-12-22)34-19(3)4)28(32)31(29(27)33)24-8-6-7-20(5)17-24/h6-19,30H,1-5H3. The molecule has 5 heteroatoms. The van der Waals surface area contributed by atoms with E-state index in [1.54, 1.807) is 6.07 Å². The zero-order chi connectivity index (χ0) is 24.4.